The number of aliphatic hydroxyl groups excluding tert-OH is 1. The highest BCUT2D eigenvalue weighted by Crippen LogP contribution is 2.36. The van der Waals surface area contributed by atoms with Crippen LogP contribution in [0.3, 0.4) is 0 Å². The van der Waals surface area contributed by atoms with E-state index in [1.807, 2.05) is 49.4 Å². The minimum atomic E-state index is -1.15. The summed E-state index contributed by atoms with van der Waals surface area (Å²) in [7, 11) is 0. The van der Waals surface area contributed by atoms with Crippen molar-refractivity contribution in [1.82, 2.24) is 0 Å². The maximum Gasteiger partial charge on any atom is 0.314 e. The van der Waals surface area contributed by atoms with Crippen LogP contribution in [-0.2, 0) is 24.6 Å². The number of carboxylic acid groups (broad SMARTS) is 1. The van der Waals surface area contributed by atoms with E-state index in [0.29, 0.717) is 36.9 Å². The third kappa shape index (κ3) is 7.61. The molecule has 2 N–H and O–H groups in total. The maximum atomic E-state index is 11.3. The maximum absolute atomic E-state index is 11.3. The van der Waals surface area contributed by atoms with Crippen LogP contribution in [0.1, 0.15) is 33.4 Å². The average molecular weight is 607 g/mol. The van der Waals surface area contributed by atoms with E-state index >= 15 is 0 Å². The first-order valence-corrected chi connectivity index (χ1v) is 14.6. The fraction of sp³-hybridized carbons (Fsp3) is 0.250. The number of aliphatic carboxylic acids is 1. The first-order valence-electron chi connectivity index (χ1n) is 14.6. The Morgan fingerprint density at radius 1 is 1.00 bits per heavy atom. The predicted molar refractivity (Wildman–Crippen MR) is 169 cm³/mol. The van der Waals surface area contributed by atoms with Crippen molar-refractivity contribution in [2.45, 2.75) is 33.6 Å². The van der Waals surface area contributed by atoms with Gasteiger partial charge in [-0.25, -0.2) is 0 Å². The van der Waals surface area contributed by atoms with Gasteiger partial charge < -0.3 is 29.2 Å². The third-order valence-corrected chi connectivity index (χ3v) is 7.60. The van der Waals surface area contributed by atoms with Gasteiger partial charge in [-0.1, -0.05) is 36.4 Å². The van der Waals surface area contributed by atoms with Gasteiger partial charge in [0, 0.05) is 17.8 Å². The second-order valence-corrected chi connectivity index (χ2v) is 10.7. The van der Waals surface area contributed by atoms with E-state index < -0.39 is 18.5 Å². The van der Waals surface area contributed by atoms with E-state index in [1.165, 1.54) is 6.21 Å². The zero-order chi connectivity index (χ0) is 31.8. The number of benzene rings is 4. The van der Waals surface area contributed by atoms with Gasteiger partial charge in [-0.15, -0.1) is 0 Å². The molecule has 9 nitrogen and oxygen atoms in total. The smallest absolute Gasteiger partial charge is 0.314 e. The molecule has 1 heterocycles. The molecule has 0 bridgehead atoms. The number of carbonyl (C=O) groups is 1. The summed E-state index contributed by atoms with van der Waals surface area (Å²) >= 11 is 0. The van der Waals surface area contributed by atoms with E-state index in [-0.39, 0.29) is 13.2 Å². The van der Waals surface area contributed by atoms with Gasteiger partial charge in [0.15, 0.2) is 11.5 Å². The average Bonchev–Trinajstić information content (AvgIpc) is 3.05. The zero-order valence-corrected chi connectivity index (χ0v) is 25.2. The van der Waals surface area contributed by atoms with Crippen molar-refractivity contribution in [2.75, 3.05) is 19.8 Å². The Morgan fingerprint density at radius 2 is 1.80 bits per heavy atom. The van der Waals surface area contributed by atoms with Crippen molar-refractivity contribution in [3.8, 4) is 40.2 Å². The molecule has 0 saturated heterocycles. The Hall–Kier alpha value is -5.33. The van der Waals surface area contributed by atoms with Gasteiger partial charge in [0.2, 0.25) is 0 Å². The summed E-state index contributed by atoms with van der Waals surface area (Å²) in [6.07, 6.45) is 1.24. The second kappa shape index (κ2) is 14.4. The zero-order valence-electron chi connectivity index (χ0n) is 25.2. The summed E-state index contributed by atoms with van der Waals surface area (Å²) in [5.41, 5.74) is 7.18. The molecule has 9 heteroatoms. The molecular formula is C36H34N2O7. The van der Waals surface area contributed by atoms with Gasteiger partial charge in [-0.3, -0.25) is 9.79 Å². The first-order chi connectivity index (χ1) is 21.9. The number of hydrogen-bond acceptors (Lipinski definition) is 8. The van der Waals surface area contributed by atoms with Crippen LogP contribution in [0.15, 0.2) is 77.8 Å². The number of hydrogen-bond donors (Lipinski definition) is 2. The molecule has 1 atom stereocenters. The monoisotopic (exact) mass is 606 g/mol. The van der Waals surface area contributed by atoms with Crippen molar-refractivity contribution in [3.63, 3.8) is 0 Å². The number of aryl methyl sites for hydroxylation is 1. The third-order valence-electron chi connectivity index (χ3n) is 7.60. The molecule has 230 valence electrons. The van der Waals surface area contributed by atoms with E-state index in [1.54, 1.807) is 24.3 Å². The molecule has 1 aliphatic rings. The largest absolute Gasteiger partial charge is 0.489 e. The van der Waals surface area contributed by atoms with Crippen LogP contribution in [0.4, 0.5) is 0 Å². The Bertz CT molecular complexity index is 1760. The summed E-state index contributed by atoms with van der Waals surface area (Å²) in [6, 6.07) is 25.1. The van der Waals surface area contributed by atoms with Crippen molar-refractivity contribution >= 4 is 12.2 Å². The second-order valence-electron chi connectivity index (χ2n) is 10.7. The number of carboxylic acids is 1. The summed E-state index contributed by atoms with van der Waals surface area (Å²) < 4.78 is 24.0. The van der Waals surface area contributed by atoms with E-state index in [9.17, 15) is 20.3 Å². The van der Waals surface area contributed by atoms with Crippen molar-refractivity contribution in [2.24, 2.45) is 10.9 Å². The van der Waals surface area contributed by atoms with Crippen LogP contribution in [0.2, 0.25) is 0 Å². The lowest BCUT2D eigenvalue weighted by molar-refractivity contribution is -0.140. The SMILES string of the molecule is Cc1cc(OCc2cccc(-c3ccc4c(c3)OCCO4)c2C)cc(OCc2cccc(C#N)c2)c1CN=CC(CO)C(=O)O. The standard InChI is InChI=1S/C36H34N2O7/c1-23-13-30(44-22-28-7-4-8-31(24(28)2)27-9-10-33-35(15-27)43-12-11-42-33)16-34(32(23)19-38-18-29(20-39)36(40)41)45-21-26-6-3-5-25(14-26)17-37/h3-10,13-16,18,29,39H,11-12,19-22H2,1-2H3,(H,40,41). The van der Waals surface area contributed by atoms with Crippen molar-refractivity contribution in [3.05, 3.63) is 106 Å². The highest BCUT2D eigenvalue weighted by atomic mass is 16.6. The molecular weight excluding hydrogens is 572 g/mol. The van der Waals surface area contributed by atoms with Gasteiger partial charge >= 0.3 is 5.97 Å². The minimum Gasteiger partial charge on any atom is -0.489 e. The molecule has 1 unspecified atom stereocenters. The number of aliphatic hydroxyl groups is 1. The molecule has 0 aromatic heterocycles. The number of ether oxygens (including phenoxy) is 4. The van der Waals surface area contributed by atoms with Crippen LogP contribution >= 0.6 is 0 Å². The molecule has 0 radical (unpaired) electrons. The Labute approximate surface area is 261 Å². The van der Waals surface area contributed by atoms with Gasteiger partial charge in [-0.05, 0) is 77.6 Å². The number of rotatable bonds is 12. The first kappa shape index (κ1) is 31.1. The lowest BCUT2D eigenvalue weighted by atomic mass is 9.96. The van der Waals surface area contributed by atoms with E-state index in [4.69, 9.17) is 18.9 Å². The van der Waals surface area contributed by atoms with Gasteiger partial charge in [0.1, 0.15) is 43.8 Å². The molecule has 4 aromatic rings. The fourth-order valence-corrected chi connectivity index (χ4v) is 5.04. The Balaban J connectivity index is 1.38. The highest BCUT2D eigenvalue weighted by Gasteiger charge is 2.17. The molecule has 0 spiro atoms. The predicted octanol–water partition coefficient (Wildman–Crippen LogP) is 6.04. The molecule has 1 aliphatic heterocycles. The van der Waals surface area contributed by atoms with Crippen LogP contribution in [0.25, 0.3) is 11.1 Å². The van der Waals surface area contributed by atoms with Crippen LogP contribution in [-0.4, -0.2) is 42.2 Å². The Kier molecular flexibility index (Phi) is 9.97. The fourth-order valence-electron chi connectivity index (χ4n) is 5.04. The molecule has 4 aromatic carbocycles. The van der Waals surface area contributed by atoms with E-state index in [2.05, 4.69) is 24.1 Å². The summed E-state index contributed by atoms with van der Waals surface area (Å²) in [4.78, 5) is 15.6. The minimum absolute atomic E-state index is 0.153. The van der Waals surface area contributed by atoms with Gasteiger partial charge in [0.25, 0.3) is 0 Å². The van der Waals surface area contributed by atoms with Crippen LogP contribution in [0.5, 0.6) is 23.0 Å². The number of nitriles is 1. The quantitative estimate of drug-likeness (QED) is 0.187. The van der Waals surface area contributed by atoms with Crippen LogP contribution in [0, 0.1) is 31.1 Å². The topological polar surface area (TPSA) is 131 Å². The summed E-state index contributed by atoms with van der Waals surface area (Å²) in [5, 5.41) is 27.9. The number of aliphatic imine (C=N–C) groups is 1. The van der Waals surface area contributed by atoms with Crippen molar-refractivity contribution in [1.29, 1.82) is 5.26 Å². The summed E-state index contributed by atoms with van der Waals surface area (Å²) in [5.74, 6) is 0.376. The van der Waals surface area contributed by atoms with Gasteiger partial charge in [0.05, 0.1) is 24.8 Å². The molecule has 0 amide bonds. The lowest BCUT2D eigenvalue weighted by Crippen LogP contribution is -2.19. The Morgan fingerprint density at radius 3 is 2.58 bits per heavy atom. The molecule has 0 aliphatic carbocycles. The number of nitrogens with zero attached hydrogens (tertiary/aromatic N) is 2. The summed E-state index contributed by atoms with van der Waals surface area (Å²) in [6.45, 7) is 5.19. The normalized spacial score (nSPS) is 12.8. The van der Waals surface area contributed by atoms with Gasteiger partial charge in [-0.2, -0.15) is 5.26 Å². The van der Waals surface area contributed by atoms with Crippen LogP contribution < -0.4 is 18.9 Å². The molecule has 5 rings (SSSR count). The van der Waals surface area contributed by atoms with Crippen molar-refractivity contribution < 1.29 is 34.0 Å². The molecule has 0 saturated carbocycles. The number of fused-ring (bicyclic) bond motifs is 1. The molecule has 45 heavy (non-hydrogen) atoms. The highest BCUT2D eigenvalue weighted by molar-refractivity contribution is 5.88. The van der Waals surface area contributed by atoms with E-state index in [0.717, 1.165) is 50.4 Å². The lowest BCUT2D eigenvalue weighted by Gasteiger charge is -2.20. The molecule has 0 fully saturated rings.